The smallest absolute Gasteiger partial charge is 0.185 e. The fraction of sp³-hybridized carbons (Fsp3) is 0.500. The molecule has 0 aliphatic heterocycles. The molecule has 1 atom stereocenters. The van der Waals surface area contributed by atoms with Crippen molar-refractivity contribution in [2.45, 2.75) is 25.7 Å². The second kappa shape index (κ2) is 10.8. The molecule has 0 saturated heterocycles. The second-order valence-electron chi connectivity index (χ2n) is 3.73. The molecule has 2 nitrogen and oxygen atoms in total. The van der Waals surface area contributed by atoms with E-state index in [1.165, 1.54) is 4.90 Å². The van der Waals surface area contributed by atoms with Crippen LogP contribution in [-0.4, -0.2) is 18.9 Å². The number of thiol groups is 2. The van der Waals surface area contributed by atoms with Crippen LogP contribution in [0.15, 0.2) is 35.2 Å². The van der Waals surface area contributed by atoms with Crippen LogP contribution in [0.1, 0.15) is 20.8 Å². The molecule has 20 heavy (non-hydrogen) atoms. The summed E-state index contributed by atoms with van der Waals surface area (Å²) in [6.45, 7) is 6.61. The Kier molecular flexibility index (Phi) is 11.4. The Morgan fingerprint density at radius 2 is 1.65 bits per heavy atom. The van der Waals surface area contributed by atoms with Crippen LogP contribution in [0.25, 0.3) is 0 Å². The lowest BCUT2D eigenvalue weighted by Crippen LogP contribution is -1.88. The fourth-order valence-electron chi connectivity index (χ4n) is 1.02. The summed E-state index contributed by atoms with van der Waals surface area (Å²) in [6.07, 6.45) is 1.49. The summed E-state index contributed by atoms with van der Waals surface area (Å²) in [5.41, 5.74) is -3.93. The van der Waals surface area contributed by atoms with Crippen LogP contribution in [0.2, 0.25) is 0 Å². The third-order valence-electron chi connectivity index (χ3n) is 2.11. The summed E-state index contributed by atoms with van der Waals surface area (Å²) in [5, 5.41) is 0. The average molecular weight is 389 g/mol. The van der Waals surface area contributed by atoms with Gasteiger partial charge in [0, 0.05) is 23.8 Å². The number of rotatable bonds is 6. The van der Waals surface area contributed by atoms with Gasteiger partial charge in [-0.25, -0.2) is 0 Å². The first-order valence-electron chi connectivity index (χ1n) is 6.29. The van der Waals surface area contributed by atoms with Crippen LogP contribution in [0.4, 0.5) is 0 Å². The summed E-state index contributed by atoms with van der Waals surface area (Å²) < 4.78 is 16.0. The maximum atomic E-state index is 10.3. The highest BCUT2D eigenvalue weighted by Crippen LogP contribution is 2.62. The van der Waals surface area contributed by atoms with Gasteiger partial charge >= 0.3 is 0 Å². The van der Waals surface area contributed by atoms with Gasteiger partial charge in [-0.15, -0.1) is 24.5 Å². The Morgan fingerprint density at radius 1 is 1.15 bits per heavy atom. The standard InChI is InChI=1S/C10H15OPS2.C2H7OPS2/c1-3-11-12(13,4-2)14-10-8-6-5-7-9-10;1-2-4(3,5)6/h5-9H,3-4H2,1-2H3;2H2,1H3,(H2,3,5,6). The maximum Gasteiger partial charge on any atom is 0.185 e. The maximum absolute atomic E-state index is 10.3. The molecule has 0 N–H and O–H groups in total. The van der Waals surface area contributed by atoms with Gasteiger partial charge in [0.2, 0.25) is 0 Å². The first kappa shape index (κ1) is 21.1. The lowest BCUT2D eigenvalue weighted by atomic mass is 10.4. The largest absolute Gasteiger partial charge is 0.341 e. The predicted octanol–water partition coefficient (Wildman–Crippen LogP) is 6.20. The van der Waals surface area contributed by atoms with Crippen molar-refractivity contribution in [2.75, 3.05) is 18.9 Å². The Bertz CT molecular complexity index is 462. The topological polar surface area (TPSA) is 26.3 Å². The van der Waals surface area contributed by atoms with Crippen molar-refractivity contribution in [2.24, 2.45) is 0 Å². The fourth-order valence-corrected chi connectivity index (χ4v) is 5.66. The molecule has 0 amide bonds. The summed E-state index contributed by atoms with van der Waals surface area (Å²) >= 11 is 14.6. The molecule has 0 aliphatic rings. The quantitative estimate of drug-likeness (QED) is 0.448. The minimum Gasteiger partial charge on any atom is -0.341 e. The molecule has 0 heterocycles. The molecule has 1 unspecified atom stereocenters. The summed E-state index contributed by atoms with van der Waals surface area (Å²) in [6, 6.07) is 10.2. The SMILES string of the molecule is CCOP(=S)(CC)Sc1ccccc1.CCP(=O)(S)S. The van der Waals surface area contributed by atoms with E-state index in [0.717, 1.165) is 6.16 Å². The molecule has 0 aliphatic carbocycles. The third-order valence-corrected chi connectivity index (χ3v) is 11.1. The lowest BCUT2D eigenvalue weighted by Gasteiger charge is -2.18. The Balaban J connectivity index is 0.000000511. The lowest BCUT2D eigenvalue weighted by molar-refractivity contribution is 0.385. The zero-order chi connectivity index (χ0) is 15.6. The highest BCUT2D eigenvalue weighted by Gasteiger charge is 2.15. The molecule has 8 heteroatoms. The molecule has 0 bridgehead atoms. The monoisotopic (exact) mass is 388 g/mol. The zero-order valence-corrected chi connectivity index (χ0v) is 17.1. The van der Waals surface area contributed by atoms with Crippen molar-refractivity contribution in [1.82, 2.24) is 0 Å². The van der Waals surface area contributed by atoms with Crippen LogP contribution in [0, 0.1) is 0 Å². The predicted molar refractivity (Wildman–Crippen MR) is 105 cm³/mol. The number of hydrogen-bond donors (Lipinski definition) is 2. The van der Waals surface area contributed by atoms with Gasteiger partial charge in [0.05, 0.1) is 0 Å². The van der Waals surface area contributed by atoms with Crippen LogP contribution in [0.3, 0.4) is 0 Å². The van der Waals surface area contributed by atoms with Crippen molar-refractivity contribution in [3.63, 3.8) is 0 Å². The molecule has 0 fully saturated rings. The van der Waals surface area contributed by atoms with Crippen LogP contribution in [0.5, 0.6) is 0 Å². The van der Waals surface area contributed by atoms with E-state index in [0.29, 0.717) is 12.8 Å². The zero-order valence-electron chi connectivity index (χ0n) is 11.9. The van der Waals surface area contributed by atoms with Crippen molar-refractivity contribution in [3.8, 4) is 0 Å². The van der Waals surface area contributed by atoms with E-state index in [1.807, 2.05) is 25.1 Å². The molecule has 0 radical (unpaired) electrons. The Hall–Kier alpha value is 1.11. The molecule has 1 aromatic carbocycles. The van der Waals surface area contributed by atoms with Crippen molar-refractivity contribution in [1.29, 1.82) is 0 Å². The van der Waals surface area contributed by atoms with Gasteiger partial charge in [-0.3, -0.25) is 0 Å². The molecule has 116 valence electrons. The van der Waals surface area contributed by atoms with Gasteiger partial charge in [0.25, 0.3) is 0 Å². The van der Waals surface area contributed by atoms with Gasteiger partial charge in [-0.1, -0.05) is 55.2 Å². The molecule has 1 aromatic rings. The van der Waals surface area contributed by atoms with Crippen molar-refractivity contribution < 1.29 is 9.09 Å². The minimum absolute atomic E-state index is 0.555. The number of hydrogen-bond acceptors (Lipinski definition) is 4. The van der Waals surface area contributed by atoms with Crippen LogP contribution < -0.4 is 0 Å². The normalized spacial score (nSPS) is 14.1. The van der Waals surface area contributed by atoms with Gasteiger partial charge in [0.15, 0.2) is 5.55 Å². The summed E-state index contributed by atoms with van der Waals surface area (Å²) in [7, 11) is 0. The van der Waals surface area contributed by atoms with E-state index in [1.54, 1.807) is 18.3 Å². The second-order valence-corrected chi connectivity index (χ2v) is 18.1. The first-order chi connectivity index (χ1) is 9.26. The highest BCUT2D eigenvalue weighted by molar-refractivity contribution is 8.80. The molecule has 0 aromatic heterocycles. The first-order valence-corrected chi connectivity index (χ1v) is 14.8. The van der Waals surface area contributed by atoms with Crippen LogP contribution >= 0.6 is 46.9 Å². The van der Waals surface area contributed by atoms with E-state index in [4.69, 9.17) is 16.3 Å². The van der Waals surface area contributed by atoms with E-state index in [9.17, 15) is 4.57 Å². The summed E-state index contributed by atoms with van der Waals surface area (Å²) in [4.78, 5) is 1.21. The molecular weight excluding hydrogens is 366 g/mol. The van der Waals surface area contributed by atoms with Gasteiger partial charge in [-0.05, 0) is 19.1 Å². The average Bonchev–Trinajstić information content (AvgIpc) is 2.40. The van der Waals surface area contributed by atoms with Gasteiger partial charge in [0.1, 0.15) is 5.47 Å². The summed E-state index contributed by atoms with van der Waals surface area (Å²) in [5.74, 6) is 0. The van der Waals surface area contributed by atoms with Gasteiger partial charge < -0.3 is 9.09 Å². The van der Waals surface area contributed by atoms with E-state index in [2.05, 4.69) is 43.6 Å². The molecule has 0 saturated carbocycles. The Labute approximate surface area is 142 Å². The molecular formula is C12H22O2P2S4. The van der Waals surface area contributed by atoms with Crippen molar-refractivity contribution >= 4 is 58.7 Å². The van der Waals surface area contributed by atoms with Gasteiger partial charge in [-0.2, -0.15) is 0 Å². The number of benzene rings is 1. The Morgan fingerprint density at radius 3 is 2.00 bits per heavy atom. The van der Waals surface area contributed by atoms with Crippen molar-refractivity contribution in [3.05, 3.63) is 30.3 Å². The van der Waals surface area contributed by atoms with E-state index in [-0.39, 0.29) is 0 Å². The van der Waals surface area contributed by atoms with E-state index < -0.39 is 11.0 Å². The third kappa shape index (κ3) is 10.8. The molecule has 0 spiro atoms. The van der Waals surface area contributed by atoms with E-state index >= 15 is 0 Å². The van der Waals surface area contributed by atoms with Crippen LogP contribution in [-0.2, 0) is 20.9 Å². The minimum atomic E-state index is -2.26. The molecule has 1 rings (SSSR count). The highest BCUT2D eigenvalue weighted by atomic mass is 33.1.